The van der Waals surface area contributed by atoms with E-state index in [4.69, 9.17) is 9.15 Å². The molecule has 35 heavy (non-hydrogen) atoms. The van der Waals surface area contributed by atoms with Gasteiger partial charge in [-0.15, -0.1) is 0 Å². The van der Waals surface area contributed by atoms with E-state index < -0.39 is 5.76 Å². The number of ether oxygens (including phenoxy) is 1. The van der Waals surface area contributed by atoms with Crippen molar-refractivity contribution < 1.29 is 18.7 Å². The lowest BCUT2D eigenvalue weighted by molar-refractivity contribution is -0.132. The SMILES string of the molecule is COc1ccc2cccc(CC(=O)Nc3ccc4oc(=O)n(CC(=O)N5CCCCC5)c4c3)c2c1. The normalized spacial score (nSPS) is 13.8. The Balaban J connectivity index is 1.35. The summed E-state index contributed by atoms with van der Waals surface area (Å²) in [6, 6.07) is 16.6. The molecule has 0 aliphatic carbocycles. The van der Waals surface area contributed by atoms with Gasteiger partial charge in [0.15, 0.2) is 5.58 Å². The molecule has 8 nitrogen and oxygen atoms in total. The van der Waals surface area contributed by atoms with Crippen LogP contribution >= 0.6 is 0 Å². The number of nitrogens with zero attached hydrogens (tertiary/aromatic N) is 2. The van der Waals surface area contributed by atoms with E-state index >= 15 is 0 Å². The summed E-state index contributed by atoms with van der Waals surface area (Å²) in [5.74, 6) is -0.150. The molecule has 0 bridgehead atoms. The van der Waals surface area contributed by atoms with Gasteiger partial charge in [-0.1, -0.05) is 24.3 Å². The molecule has 0 radical (unpaired) electrons. The number of likely N-dealkylation sites (tertiary alicyclic amines) is 1. The van der Waals surface area contributed by atoms with Crippen LogP contribution in [0.2, 0.25) is 0 Å². The Hall–Kier alpha value is -4.07. The number of hydrogen-bond acceptors (Lipinski definition) is 5. The summed E-state index contributed by atoms with van der Waals surface area (Å²) in [5, 5.41) is 4.89. The summed E-state index contributed by atoms with van der Waals surface area (Å²) < 4.78 is 12.0. The topological polar surface area (TPSA) is 93.8 Å². The fourth-order valence-corrected chi connectivity index (χ4v) is 4.64. The van der Waals surface area contributed by atoms with Gasteiger partial charge >= 0.3 is 5.76 Å². The van der Waals surface area contributed by atoms with Gasteiger partial charge < -0.3 is 19.4 Å². The van der Waals surface area contributed by atoms with Crippen molar-refractivity contribution in [1.29, 1.82) is 0 Å². The third-order valence-corrected chi connectivity index (χ3v) is 6.48. The van der Waals surface area contributed by atoms with Crippen LogP contribution in [0.15, 0.2) is 63.8 Å². The maximum absolute atomic E-state index is 12.9. The lowest BCUT2D eigenvalue weighted by Gasteiger charge is -2.26. The lowest BCUT2D eigenvalue weighted by Crippen LogP contribution is -2.39. The highest BCUT2D eigenvalue weighted by Gasteiger charge is 2.20. The minimum absolute atomic E-state index is 0.0823. The van der Waals surface area contributed by atoms with Crippen molar-refractivity contribution in [3.05, 3.63) is 70.7 Å². The van der Waals surface area contributed by atoms with Gasteiger partial charge in [-0.25, -0.2) is 4.79 Å². The van der Waals surface area contributed by atoms with Crippen LogP contribution in [0.1, 0.15) is 24.8 Å². The highest BCUT2D eigenvalue weighted by molar-refractivity contribution is 5.97. The standard InChI is InChI=1S/C27H27N3O5/c1-34-21-10-8-18-6-5-7-19(22(18)16-21)14-25(31)28-20-9-11-24-23(15-20)30(27(33)35-24)17-26(32)29-12-3-2-4-13-29/h5-11,15-16H,2-4,12-14,17H2,1H3,(H,28,31). The summed E-state index contributed by atoms with van der Waals surface area (Å²) in [7, 11) is 1.61. The molecule has 3 aromatic carbocycles. The number of amides is 2. The van der Waals surface area contributed by atoms with Crippen LogP contribution in [0.3, 0.4) is 0 Å². The first-order valence-corrected chi connectivity index (χ1v) is 11.8. The third-order valence-electron chi connectivity index (χ3n) is 6.48. The molecule has 4 aromatic rings. The second-order valence-electron chi connectivity index (χ2n) is 8.81. The fraction of sp³-hybridized carbons (Fsp3) is 0.296. The quantitative estimate of drug-likeness (QED) is 0.458. The number of hydrogen-bond donors (Lipinski definition) is 1. The number of aromatic nitrogens is 1. The van der Waals surface area contributed by atoms with Crippen molar-refractivity contribution in [2.75, 3.05) is 25.5 Å². The number of methoxy groups -OCH3 is 1. The summed E-state index contributed by atoms with van der Waals surface area (Å²) >= 11 is 0. The third kappa shape index (κ3) is 4.77. The van der Waals surface area contributed by atoms with E-state index in [9.17, 15) is 14.4 Å². The van der Waals surface area contributed by atoms with Gasteiger partial charge in [-0.05, 0) is 65.9 Å². The maximum Gasteiger partial charge on any atom is 0.420 e. The van der Waals surface area contributed by atoms with Crippen LogP contribution in [0.4, 0.5) is 5.69 Å². The number of piperidine rings is 1. The number of anilines is 1. The van der Waals surface area contributed by atoms with Gasteiger partial charge in [0.05, 0.1) is 19.0 Å². The monoisotopic (exact) mass is 473 g/mol. The van der Waals surface area contributed by atoms with E-state index in [-0.39, 0.29) is 24.8 Å². The molecule has 0 saturated carbocycles. The first-order chi connectivity index (χ1) is 17.0. The van der Waals surface area contributed by atoms with Crippen LogP contribution in [-0.2, 0) is 22.6 Å². The molecule has 0 spiro atoms. The Morgan fingerprint density at radius 1 is 1.03 bits per heavy atom. The molecule has 1 aliphatic rings. The number of benzene rings is 3. The summed E-state index contributed by atoms with van der Waals surface area (Å²) in [5.41, 5.74) is 2.27. The minimum atomic E-state index is -0.585. The number of carbonyl (C=O) groups excluding carboxylic acids is 2. The highest BCUT2D eigenvalue weighted by atomic mass is 16.5. The van der Waals surface area contributed by atoms with Crippen molar-refractivity contribution in [2.45, 2.75) is 32.2 Å². The Morgan fingerprint density at radius 2 is 1.86 bits per heavy atom. The van der Waals surface area contributed by atoms with Crippen LogP contribution in [0, 0.1) is 0 Å². The minimum Gasteiger partial charge on any atom is -0.497 e. The van der Waals surface area contributed by atoms with Gasteiger partial charge in [0, 0.05) is 18.8 Å². The molecule has 0 atom stereocenters. The molecule has 1 saturated heterocycles. The van der Waals surface area contributed by atoms with E-state index in [2.05, 4.69) is 5.32 Å². The highest BCUT2D eigenvalue weighted by Crippen LogP contribution is 2.25. The molecule has 1 aromatic heterocycles. The van der Waals surface area contributed by atoms with E-state index in [1.807, 2.05) is 36.4 Å². The number of fused-ring (bicyclic) bond motifs is 2. The number of carbonyl (C=O) groups is 2. The molecule has 1 fully saturated rings. The lowest BCUT2D eigenvalue weighted by atomic mass is 10.0. The van der Waals surface area contributed by atoms with Crippen LogP contribution in [0.5, 0.6) is 5.75 Å². The molecule has 2 amide bonds. The zero-order valence-electron chi connectivity index (χ0n) is 19.6. The average molecular weight is 474 g/mol. The Labute approximate surface area is 202 Å². The summed E-state index contributed by atoms with van der Waals surface area (Å²) in [6.07, 6.45) is 3.25. The van der Waals surface area contributed by atoms with Gasteiger partial charge in [0.25, 0.3) is 0 Å². The predicted octanol–water partition coefficient (Wildman–Crippen LogP) is 3.95. The molecule has 0 unspecified atom stereocenters. The zero-order valence-corrected chi connectivity index (χ0v) is 19.6. The second-order valence-corrected chi connectivity index (χ2v) is 8.81. The molecule has 180 valence electrons. The van der Waals surface area contributed by atoms with E-state index in [0.29, 0.717) is 29.9 Å². The maximum atomic E-state index is 12.9. The van der Waals surface area contributed by atoms with Gasteiger partial charge in [-0.2, -0.15) is 0 Å². The number of oxazole rings is 1. The fourth-order valence-electron chi connectivity index (χ4n) is 4.64. The van der Waals surface area contributed by atoms with Gasteiger partial charge in [0.1, 0.15) is 12.3 Å². The summed E-state index contributed by atoms with van der Waals surface area (Å²) in [6.45, 7) is 1.34. The van der Waals surface area contributed by atoms with Crippen molar-refractivity contribution in [3.63, 3.8) is 0 Å². The Bertz CT molecular complexity index is 1460. The second kappa shape index (κ2) is 9.66. The molecular weight excluding hydrogens is 446 g/mol. The molecule has 5 rings (SSSR count). The molecular formula is C27H27N3O5. The van der Waals surface area contributed by atoms with Crippen LogP contribution in [0.25, 0.3) is 21.9 Å². The van der Waals surface area contributed by atoms with Crippen molar-refractivity contribution >= 4 is 39.4 Å². The average Bonchev–Trinajstić information content (AvgIpc) is 3.18. The zero-order chi connectivity index (χ0) is 24.4. The molecule has 2 heterocycles. The van der Waals surface area contributed by atoms with Crippen LogP contribution < -0.4 is 15.8 Å². The van der Waals surface area contributed by atoms with Crippen molar-refractivity contribution in [1.82, 2.24) is 9.47 Å². The Kier molecular flexibility index (Phi) is 6.27. The number of rotatable bonds is 6. The largest absolute Gasteiger partial charge is 0.497 e. The first kappa shape index (κ1) is 22.7. The van der Waals surface area contributed by atoms with Gasteiger partial charge in [-0.3, -0.25) is 14.2 Å². The van der Waals surface area contributed by atoms with Crippen LogP contribution in [-0.4, -0.2) is 41.5 Å². The molecule has 8 heteroatoms. The molecule has 1 aliphatic heterocycles. The number of nitrogens with one attached hydrogen (secondary N) is 1. The van der Waals surface area contributed by atoms with Gasteiger partial charge in [0.2, 0.25) is 11.8 Å². The smallest absolute Gasteiger partial charge is 0.420 e. The van der Waals surface area contributed by atoms with Crippen molar-refractivity contribution in [2.24, 2.45) is 0 Å². The molecule has 1 N–H and O–H groups in total. The van der Waals surface area contributed by atoms with E-state index in [0.717, 1.165) is 41.3 Å². The van der Waals surface area contributed by atoms with E-state index in [1.165, 1.54) is 4.57 Å². The van der Waals surface area contributed by atoms with E-state index in [1.54, 1.807) is 30.2 Å². The Morgan fingerprint density at radius 3 is 2.66 bits per heavy atom. The summed E-state index contributed by atoms with van der Waals surface area (Å²) in [4.78, 5) is 39.8. The van der Waals surface area contributed by atoms with Crippen molar-refractivity contribution in [3.8, 4) is 5.75 Å². The first-order valence-electron chi connectivity index (χ1n) is 11.8. The predicted molar refractivity (Wildman–Crippen MR) is 134 cm³/mol.